The minimum atomic E-state index is -0.306. The number of carbonyl (C=O) groups is 1. The first-order valence-corrected chi connectivity index (χ1v) is 7.77. The van der Waals surface area contributed by atoms with Crippen molar-refractivity contribution in [1.29, 1.82) is 0 Å². The molecule has 4 nitrogen and oxygen atoms in total. The van der Waals surface area contributed by atoms with Crippen LogP contribution in [0.3, 0.4) is 0 Å². The van der Waals surface area contributed by atoms with Crippen LogP contribution in [0.1, 0.15) is 44.2 Å². The highest BCUT2D eigenvalue weighted by Gasteiger charge is 2.34. The Bertz CT molecular complexity index is 455. The number of aliphatic hydroxyl groups is 1. The van der Waals surface area contributed by atoms with Crippen molar-refractivity contribution in [2.75, 3.05) is 13.2 Å². The van der Waals surface area contributed by atoms with Crippen LogP contribution in [0.2, 0.25) is 0 Å². The molecule has 1 aliphatic rings. The van der Waals surface area contributed by atoms with E-state index in [0.717, 1.165) is 31.2 Å². The lowest BCUT2D eigenvalue weighted by Gasteiger charge is -2.28. The number of hydrogen-bond donors (Lipinski definition) is 3. The Morgan fingerprint density at radius 3 is 2.52 bits per heavy atom. The number of benzene rings is 1. The fourth-order valence-electron chi connectivity index (χ4n) is 3.08. The van der Waals surface area contributed by atoms with Crippen LogP contribution in [0, 0.1) is 11.3 Å². The summed E-state index contributed by atoms with van der Waals surface area (Å²) in [6.07, 6.45) is 4.25. The molecule has 1 saturated carbocycles. The summed E-state index contributed by atoms with van der Waals surface area (Å²) in [6.45, 7) is 2.55. The molecule has 0 spiro atoms. The highest BCUT2D eigenvalue weighted by molar-refractivity contribution is 5.79. The maximum absolute atomic E-state index is 12.3. The number of nitrogens with one attached hydrogen (secondary N) is 1. The first kappa shape index (κ1) is 16.0. The van der Waals surface area contributed by atoms with Gasteiger partial charge in [-0.15, -0.1) is 0 Å². The topological polar surface area (TPSA) is 75.3 Å². The number of carbonyl (C=O) groups excluding carboxylic acids is 1. The van der Waals surface area contributed by atoms with E-state index in [1.165, 1.54) is 0 Å². The quantitative estimate of drug-likeness (QED) is 0.750. The molecule has 2 rings (SSSR count). The lowest BCUT2D eigenvalue weighted by molar-refractivity contribution is -0.125. The highest BCUT2D eigenvalue weighted by atomic mass is 16.3. The molecule has 2 unspecified atom stereocenters. The second-order valence-electron chi connectivity index (χ2n) is 6.31. The van der Waals surface area contributed by atoms with Gasteiger partial charge in [-0.2, -0.15) is 0 Å². The lowest BCUT2D eigenvalue weighted by Crippen LogP contribution is -2.42. The summed E-state index contributed by atoms with van der Waals surface area (Å²) >= 11 is 0. The molecule has 1 fully saturated rings. The third-order valence-corrected chi connectivity index (χ3v) is 4.77. The van der Waals surface area contributed by atoms with E-state index in [0.29, 0.717) is 6.54 Å². The molecular weight excluding hydrogens is 264 g/mol. The maximum Gasteiger partial charge on any atom is 0.224 e. The van der Waals surface area contributed by atoms with Gasteiger partial charge in [0.05, 0.1) is 12.5 Å². The minimum absolute atomic E-state index is 0.0360. The van der Waals surface area contributed by atoms with Gasteiger partial charge < -0.3 is 16.2 Å². The number of hydrogen-bond acceptors (Lipinski definition) is 3. The lowest BCUT2D eigenvalue weighted by atomic mass is 9.86. The third-order valence-electron chi connectivity index (χ3n) is 4.77. The van der Waals surface area contributed by atoms with Crippen molar-refractivity contribution < 1.29 is 9.90 Å². The van der Waals surface area contributed by atoms with E-state index in [2.05, 4.69) is 5.32 Å². The van der Waals surface area contributed by atoms with Gasteiger partial charge in [0.2, 0.25) is 5.91 Å². The fraction of sp³-hybridized carbons (Fsp3) is 0.588. The molecule has 4 heteroatoms. The second-order valence-corrected chi connectivity index (χ2v) is 6.31. The van der Waals surface area contributed by atoms with Crippen molar-refractivity contribution in [3.63, 3.8) is 0 Å². The summed E-state index contributed by atoms with van der Waals surface area (Å²) < 4.78 is 0. The van der Waals surface area contributed by atoms with Crippen LogP contribution in [0.4, 0.5) is 0 Å². The van der Waals surface area contributed by atoms with E-state index in [1.807, 2.05) is 37.3 Å². The van der Waals surface area contributed by atoms with Crippen molar-refractivity contribution in [3.05, 3.63) is 35.9 Å². The van der Waals surface area contributed by atoms with Gasteiger partial charge >= 0.3 is 0 Å². The van der Waals surface area contributed by atoms with Gasteiger partial charge in [-0.3, -0.25) is 4.79 Å². The van der Waals surface area contributed by atoms with Crippen LogP contribution in [0.5, 0.6) is 0 Å². The molecule has 1 aromatic carbocycles. The van der Waals surface area contributed by atoms with Gasteiger partial charge in [0, 0.05) is 18.0 Å². The Kier molecular flexibility index (Phi) is 5.37. The van der Waals surface area contributed by atoms with Crippen molar-refractivity contribution in [2.24, 2.45) is 17.1 Å². The monoisotopic (exact) mass is 290 g/mol. The first-order valence-electron chi connectivity index (χ1n) is 7.77. The predicted molar refractivity (Wildman–Crippen MR) is 83.5 cm³/mol. The third kappa shape index (κ3) is 3.83. The van der Waals surface area contributed by atoms with Gasteiger partial charge in [-0.25, -0.2) is 0 Å². The Labute approximate surface area is 126 Å². The smallest absolute Gasteiger partial charge is 0.224 e. The van der Waals surface area contributed by atoms with Crippen molar-refractivity contribution >= 4 is 5.91 Å². The number of amides is 1. The van der Waals surface area contributed by atoms with Crippen LogP contribution >= 0.6 is 0 Å². The van der Waals surface area contributed by atoms with Crippen molar-refractivity contribution in [1.82, 2.24) is 5.32 Å². The Morgan fingerprint density at radius 1 is 1.33 bits per heavy atom. The van der Waals surface area contributed by atoms with Crippen molar-refractivity contribution in [2.45, 2.75) is 38.6 Å². The number of aliphatic hydroxyl groups excluding tert-OH is 1. The molecule has 0 heterocycles. The fourth-order valence-corrected chi connectivity index (χ4v) is 3.08. The van der Waals surface area contributed by atoms with E-state index >= 15 is 0 Å². The van der Waals surface area contributed by atoms with Crippen LogP contribution in [0.15, 0.2) is 30.3 Å². The molecule has 0 aromatic heterocycles. The summed E-state index contributed by atoms with van der Waals surface area (Å²) in [4.78, 5) is 12.3. The van der Waals surface area contributed by atoms with Gasteiger partial charge in [-0.05, 0) is 18.4 Å². The van der Waals surface area contributed by atoms with Gasteiger partial charge in [0.15, 0.2) is 0 Å². The molecule has 116 valence electrons. The largest absolute Gasteiger partial charge is 0.396 e. The maximum atomic E-state index is 12.3. The van der Waals surface area contributed by atoms with Crippen LogP contribution in [-0.4, -0.2) is 24.2 Å². The van der Waals surface area contributed by atoms with E-state index in [-0.39, 0.29) is 29.9 Å². The molecule has 0 saturated heterocycles. The summed E-state index contributed by atoms with van der Waals surface area (Å²) in [7, 11) is 0. The Hall–Kier alpha value is -1.39. The van der Waals surface area contributed by atoms with E-state index in [1.54, 1.807) is 0 Å². The summed E-state index contributed by atoms with van der Waals surface area (Å²) in [5.74, 6) is -0.323. The Morgan fingerprint density at radius 2 is 1.95 bits per heavy atom. The average molecular weight is 290 g/mol. The summed E-state index contributed by atoms with van der Waals surface area (Å²) in [5.41, 5.74) is 7.03. The van der Waals surface area contributed by atoms with E-state index in [9.17, 15) is 9.90 Å². The molecular formula is C17H26N2O2. The highest BCUT2D eigenvalue weighted by Crippen LogP contribution is 2.37. The predicted octanol–water partition coefficient (Wildman–Crippen LogP) is 1.99. The second kappa shape index (κ2) is 7.05. The molecule has 0 aliphatic heterocycles. The SMILES string of the molecule is CC(C(=O)NCC1(CO)CCCC1)C(N)c1ccccc1. The number of nitrogens with two attached hydrogens (primary N) is 1. The normalized spacial score (nSPS) is 20.0. The molecule has 1 aliphatic carbocycles. The van der Waals surface area contributed by atoms with Gasteiger partial charge in [0.25, 0.3) is 0 Å². The van der Waals surface area contributed by atoms with E-state index < -0.39 is 0 Å². The molecule has 21 heavy (non-hydrogen) atoms. The average Bonchev–Trinajstić information content (AvgIpc) is 3.01. The first-order chi connectivity index (χ1) is 10.1. The number of rotatable bonds is 6. The molecule has 0 radical (unpaired) electrons. The zero-order valence-electron chi connectivity index (χ0n) is 12.7. The molecule has 1 aromatic rings. The van der Waals surface area contributed by atoms with Crippen LogP contribution in [-0.2, 0) is 4.79 Å². The molecule has 4 N–H and O–H groups in total. The molecule has 0 bridgehead atoms. The van der Waals surface area contributed by atoms with Crippen LogP contribution in [0.25, 0.3) is 0 Å². The zero-order valence-corrected chi connectivity index (χ0v) is 12.7. The standard InChI is InChI=1S/C17H26N2O2/c1-13(15(18)14-7-3-2-4-8-14)16(21)19-11-17(12-20)9-5-6-10-17/h2-4,7-8,13,15,20H,5-6,9-12,18H2,1H3,(H,19,21). The minimum Gasteiger partial charge on any atom is -0.396 e. The van der Waals surface area contributed by atoms with E-state index in [4.69, 9.17) is 5.73 Å². The zero-order chi connectivity index (χ0) is 15.3. The van der Waals surface area contributed by atoms with Gasteiger partial charge in [-0.1, -0.05) is 50.1 Å². The molecule has 1 amide bonds. The van der Waals surface area contributed by atoms with Crippen LogP contribution < -0.4 is 11.1 Å². The molecule has 2 atom stereocenters. The summed E-state index contributed by atoms with van der Waals surface area (Å²) in [6, 6.07) is 9.38. The Balaban J connectivity index is 1.90. The van der Waals surface area contributed by atoms with Gasteiger partial charge in [0.1, 0.15) is 0 Å². The van der Waals surface area contributed by atoms with Crippen molar-refractivity contribution in [3.8, 4) is 0 Å². The summed E-state index contributed by atoms with van der Waals surface area (Å²) in [5, 5.41) is 12.6.